The minimum absolute atomic E-state index is 0.755. The molecule has 2 rings (SSSR count). The van der Waals surface area contributed by atoms with Crippen molar-refractivity contribution in [3.63, 3.8) is 0 Å². The molecule has 1 aromatic carbocycles. The normalized spacial score (nSPS) is 9.82. The van der Waals surface area contributed by atoms with Gasteiger partial charge < -0.3 is 4.42 Å². The Balaban J connectivity index is 2.46. The van der Waals surface area contributed by atoms with Crippen molar-refractivity contribution >= 4 is 0 Å². The molecule has 0 spiro atoms. The third kappa shape index (κ3) is 1.15. The van der Waals surface area contributed by atoms with Crippen molar-refractivity contribution in [1.29, 1.82) is 0 Å². The highest BCUT2D eigenvalue weighted by molar-refractivity contribution is 5.56. The molecule has 0 bridgehead atoms. The fourth-order valence-corrected chi connectivity index (χ4v) is 0.917. The average Bonchev–Trinajstić information content (AvgIpc) is 2.58. The average molecular weight is 144 g/mol. The Labute approximate surface area is 64.5 Å². The van der Waals surface area contributed by atoms with Crippen LogP contribution in [0.5, 0.6) is 0 Å². The lowest BCUT2D eigenvalue weighted by Crippen LogP contribution is -1.73. The summed E-state index contributed by atoms with van der Waals surface area (Å²) in [6.45, 7) is 0. The van der Waals surface area contributed by atoms with Crippen molar-refractivity contribution in [2.24, 2.45) is 0 Å². The number of benzene rings is 1. The summed E-state index contributed by atoms with van der Waals surface area (Å²) < 4.78 is 4.73. The van der Waals surface area contributed by atoms with E-state index in [4.69, 9.17) is 4.42 Å². The van der Waals surface area contributed by atoms with Crippen molar-refractivity contribution in [3.05, 3.63) is 43.0 Å². The predicted molar refractivity (Wildman–Crippen MR) is 40.8 cm³/mol. The molecule has 2 heteroatoms. The van der Waals surface area contributed by atoms with Crippen molar-refractivity contribution in [2.75, 3.05) is 0 Å². The van der Waals surface area contributed by atoms with E-state index < -0.39 is 0 Å². The van der Waals surface area contributed by atoms with E-state index >= 15 is 0 Å². The third-order valence-electron chi connectivity index (χ3n) is 1.44. The standard InChI is InChI=1S/C9H6NO/c1-2-4-8(5-3-1)9-6-11-7-10-9/h1-5,7H. The van der Waals surface area contributed by atoms with E-state index in [9.17, 15) is 0 Å². The second-order valence-electron chi connectivity index (χ2n) is 2.17. The van der Waals surface area contributed by atoms with Crippen LogP contribution in [0.15, 0.2) is 41.1 Å². The van der Waals surface area contributed by atoms with Gasteiger partial charge in [-0.15, -0.1) is 0 Å². The summed E-state index contributed by atoms with van der Waals surface area (Å²) in [5.41, 5.74) is 1.78. The van der Waals surface area contributed by atoms with E-state index in [-0.39, 0.29) is 0 Å². The summed E-state index contributed by atoms with van der Waals surface area (Å²) in [7, 11) is 0. The highest BCUT2D eigenvalue weighted by Gasteiger charge is 1.97. The summed E-state index contributed by atoms with van der Waals surface area (Å²) in [6, 6.07) is 9.81. The Morgan fingerprint density at radius 2 is 2.00 bits per heavy atom. The summed E-state index contributed by atoms with van der Waals surface area (Å²) in [6.07, 6.45) is 4.04. The molecular weight excluding hydrogens is 138 g/mol. The van der Waals surface area contributed by atoms with Crippen LogP contribution in [0.2, 0.25) is 0 Å². The van der Waals surface area contributed by atoms with Crippen LogP contribution >= 0.6 is 0 Å². The van der Waals surface area contributed by atoms with Gasteiger partial charge in [0.05, 0.1) is 0 Å². The molecule has 0 aliphatic carbocycles. The van der Waals surface area contributed by atoms with Crippen LogP contribution in [0.3, 0.4) is 0 Å². The minimum atomic E-state index is 0.755. The molecule has 0 aliphatic rings. The van der Waals surface area contributed by atoms with Crippen molar-refractivity contribution in [1.82, 2.24) is 4.98 Å². The van der Waals surface area contributed by atoms with Gasteiger partial charge in [0.2, 0.25) is 0 Å². The Kier molecular flexibility index (Phi) is 1.44. The van der Waals surface area contributed by atoms with Gasteiger partial charge in [0.1, 0.15) is 5.69 Å². The maximum atomic E-state index is 4.73. The van der Waals surface area contributed by atoms with Gasteiger partial charge in [-0.1, -0.05) is 30.3 Å². The first-order valence-corrected chi connectivity index (χ1v) is 3.33. The van der Waals surface area contributed by atoms with Crippen molar-refractivity contribution < 1.29 is 4.42 Å². The maximum absolute atomic E-state index is 4.73. The SMILES string of the molecule is [c]1ocnc1-c1ccccc1. The number of aromatic nitrogens is 1. The number of hydrogen-bond acceptors (Lipinski definition) is 2. The number of hydrogen-bond donors (Lipinski definition) is 0. The van der Waals surface area contributed by atoms with Gasteiger partial charge in [0, 0.05) is 5.56 Å². The number of nitrogens with zero attached hydrogens (tertiary/aromatic N) is 1. The lowest BCUT2D eigenvalue weighted by molar-refractivity contribution is 0.550. The monoisotopic (exact) mass is 144 g/mol. The summed E-state index contributed by atoms with van der Waals surface area (Å²) in [4.78, 5) is 3.96. The van der Waals surface area contributed by atoms with Gasteiger partial charge >= 0.3 is 0 Å². The number of oxazole rings is 1. The molecule has 53 valence electrons. The topological polar surface area (TPSA) is 26.0 Å². The van der Waals surface area contributed by atoms with Crippen LogP contribution in [0.4, 0.5) is 0 Å². The van der Waals surface area contributed by atoms with Gasteiger partial charge in [-0.25, -0.2) is 4.98 Å². The van der Waals surface area contributed by atoms with E-state index in [1.54, 1.807) is 0 Å². The summed E-state index contributed by atoms with van der Waals surface area (Å²) >= 11 is 0. The molecule has 0 fully saturated rings. The largest absolute Gasteiger partial charge is 0.439 e. The molecule has 11 heavy (non-hydrogen) atoms. The zero-order valence-corrected chi connectivity index (χ0v) is 5.82. The zero-order valence-electron chi connectivity index (χ0n) is 5.82. The molecule has 0 saturated heterocycles. The molecule has 0 atom stereocenters. The second kappa shape index (κ2) is 2.58. The van der Waals surface area contributed by atoms with Crippen LogP contribution in [0.25, 0.3) is 11.3 Å². The zero-order chi connectivity index (χ0) is 7.52. The van der Waals surface area contributed by atoms with E-state index in [0.29, 0.717) is 0 Å². The Hall–Kier alpha value is -1.57. The van der Waals surface area contributed by atoms with E-state index in [1.165, 1.54) is 6.39 Å². The van der Waals surface area contributed by atoms with Crippen LogP contribution < -0.4 is 0 Å². The fraction of sp³-hybridized carbons (Fsp3) is 0. The lowest BCUT2D eigenvalue weighted by atomic mass is 10.2. The van der Waals surface area contributed by atoms with Gasteiger partial charge in [-0.2, -0.15) is 0 Å². The summed E-state index contributed by atoms with van der Waals surface area (Å²) in [5, 5.41) is 0. The Morgan fingerprint density at radius 1 is 1.18 bits per heavy atom. The summed E-state index contributed by atoms with van der Waals surface area (Å²) in [5.74, 6) is 0. The first kappa shape index (κ1) is 6.16. The van der Waals surface area contributed by atoms with Crippen LogP contribution in [0, 0.1) is 6.26 Å². The quantitative estimate of drug-likeness (QED) is 0.612. The molecule has 1 radical (unpaired) electrons. The highest BCUT2D eigenvalue weighted by Crippen LogP contribution is 2.14. The molecule has 0 amide bonds. The molecule has 0 aliphatic heterocycles. The van der Waals surface area contributed by atoms with Crippen LogP contribution in [0.1, 0.15) is 0 Å². The van der Waals surface area contributed by atoms with Gasteiger partial charge in [0.25, 0.3) is 0 Å². The van der Waals surface area contributed by atoms with E-state index in [1.807, 2.05) is 30.3 Å². The molecule has 0 N–H and O–H groups in total. The second-order valence-corrected chi connectivity index (χ2v) is 2.17. The molecule has 2 nitrogen and oxygen atoms in total. The number of rotatable bonds is 1. The Bertz CT molecular complexity index is 313. The van der Waals surface area contributed by atoms with E-state index in [2.05, 4.69) is 11.2 Å². The molecular formula is C9H6NO. The first-order valence-electron chi connectivity index (χ1n) is 3.33. The molecule has 1 heterocycles. The highest BCUT2D eigenvalue weighted by atomic mass is 16.3. The molecule has 0 saturated carbocycles. The Morgan fingerprint density at radius 3 is 2.64 bits per heavy atom. The maximum Gasteiger partial charge on any atom is 0.199 e. The fourth-order valence-electron chi connectivity index (χ4n) is 0.917. The van der Waals surface area contributed by atoms with Gasteiger partial charge in [0.15, 0.2) is 12.7 Å². The smallest absolute Gasteiger partial charge is 0.199 e. The van der Waals surface area contributed by atoms with E-state index in [0.717, 1.165) is 11.3 Å². The first-order chi connectivity index (χ1) is 5.47. The molecule has 1 aromatic heterocycles. The van der Waals surface area contributed by atoms with Crippen LogP contribution in [-0.4, -0.2) is 4.98 Å². The molecule has 2 aromatic rings. The van der Waals surface area contributed by atoms with Crippen LogP contribution in [-0.2, 0) is 0 Å². The molecule has 0 unspecified atom stereocenters. The van der Waals surface area contributed by atoms with Gasteiger partial charge in [-0.05, 0) is 0 Å². The van der Waals surface area contributed by atoms with Crippen molar-refractivity contribution in [3.8, 4) is 11.3 Å². The predicted octanol–water partition coefficient (Wildman–Crippen LogP) is 2.14. The minimum Gasteiger partial charge on any atom is -0.439 e. The third-order valence-corrected chi connectivity index (χ3v) is 1.44. The lowest BCUT2D eigenvalue weighted by Gasteiger charge is -1.90. The van der Waals surface area contributed by atoms with Gasteiger partial charge in [-0.3, -0.25) is 0 Å². The van der Waals surface area contributed by atoms with Crippen molar-refractivity contribution in [2.45, 2.75) is 0 Å².